The van der Waals surface area contributed by atoms with Crippen LogP contribution in [0.2, 0.25) is 0 Å². The average Bonchev–Trinajstić information content (AvgIpc) is 2.90. The van der Waals surface area contributed by atoms with Gasteiger partial charge in [-0.15, -0.1) is 0 Å². The van der Waals surface area contributed by atoms with Crippen molar-refractivity contribution in [3.63, 3.8) is 0 Å². The van der Waals surface area contributed by atoms with E-state index in [1.54, 1.807) is 37.1 Å². The maximum atomic E-state index is 11.9. The van der Waals surface area contributed by atoms with Gasteiger partial charge in [-0.25, -0.2) is 0 Å². The number of ether oxygens (including phenoxy) is 1. The number of rotatable bonds is 5. The molecule has 1 aromatic heterocycles. The first-order valence-corrected chi connectivity index (χ1v) is 6.18. The van der Waals surface area contributed by atoms with Gasteiger partial charge in [-0.3, -0.25) is 9.59 Å². The van der Waals surface area contributed by atoms with Crippen molar-refractivity contribution in [3.05, 3.63) is 53.9 Å². The molecule has 0 bridgehead atoms. The molecular weight excluding hydrogens is 256 g/mol. The molecule has 1 heterocycles. The molecule has 0 spiro atoms. The molecule has 0 unspecified atom stereocenters. The minimum absolute atomic E-state index is 0.284. The third-order valence-corrected chi connectivity index (χ3v) is 2.97. The van der Waals surface area contributed by atoms with Crippen LogP contribution in [-0.4, -0.2) is 23.4 Å². The largest absolute Gasteiger partial charge is 0.497 e. The SMILES string of the molecule is COc1cccc(CNC(=O)C(=O)c2cccn2C)c1. The van der Waals surface area contributed by atoms with Crippen molar-refractivity contribution >= 4 is 11.7 Å². The summed E-state index contributed by atoms with van der Waals surface area (Å²) < 4.78 is 6.72. The quantitative estimate of drug-likeness (QED) is 0.663. The van der Waals surface area contributed by atoms with E-state index in [4.69, 9.17) is 4.74 Å². The first-order valence-electron chi connectivity index (χ1n) is 6.18. The fourth-order valence-electron chi connectivity index (χ4n) is 1.86. The molecule has 2 rings (SSSR count). The Balaban J connectivity index is 1.98. The summed E-state index contributed by atoms with van der Waals surface area (Å²) in [5.41, 5.74) is 1.24. The van der Waals surface area contributed by atoms with Crippen molar-refractivity contribution in [1.29, 1.82) is 0 Å². The minimum Gasteiger partial charge on any atom is -0.497 e. The molecule has 0 fully saturated rings. The van der Waals surface area contributed by atoms with Gasteiger partial charge < -0.3 is 14.6 Å². The second-order valence-electron chi connectivity index (χ2n) is 4.37. The summed E-state index contributed by atoms with van der Waals surface area (Å²) in [5, 5.41) is 2.61. The lowest BCUT2D eigenvalue weighted by molar-refractivity contribution is -0.117. The Bertz CT molecular complexity index is 632. The Morgan fingerprint density at radius 2 is 2.05 bits per heavy atom. The number of benzene rings is 1. The number of hydrogen-bond acceptors (Lipinski definition) is 3. The second kappa shape index (κ2) is 6.06. The van der Waals surface area contributed by atoms with Crippen LogP contribution in [0.4, 0.5) is 0 Å². The van der Waals surface area contributed by atoms with E-state index in [1.165, 1.54) is 0 Å². The highest BCUT2D eigenvalue weighted by molar-refractivity contribution is 6.42. The third-order valence-electron chi connectivity index (χ3n) is 2.97. The first-order chi connectivity index (χ1) is 9.61. The van der Waals surface area contributed by atoms with E-state index in [0.29, 0.717) is 11.4 Å². The van der Waals surface area contributed by atoms with Crippen LogP contribution in [0.15, 0.2) is 42.6 Å². The molecule has 2 aromatic rings. The van der Waals surface area contributed by atoms with E-state index in [0.717, 1.165) is 5.56 Å². The second-order valence-corrected chi connectivity index (χ2v) is 4.37. The summed E-state index contributed by atoms with van der Waals surface area (Å²) in [6.45, 7) is 0.284. The molecular formula is C15H16N2O3. The van der Waals surface area contributed by atoms with Gasteiger partial charge in [-0.1, -0.05) is 12.1 Å². The highest BCUT2D eigenvalue weighted by atomic mass is 16.5. The van der Waals surface area contributed by atoms with Gasteiger partial charge in [0.25, 0.3) is 11.7 Å². The van der Waals surface area contributed by atoms with Gasteiger partial charge >= 0.3 is 0 Å². The lowest BCUT2D eigenvalue weighted by Gasteiger charge is -2.07. The van der Waals surface area contributed by atoms with Crippen molar-refractivity contribution in [2.24, 2.45) is 7.05 Å². The molecule has 1 N–H and O–H groups in total. The van der Waals surface area contributed by atoms with Crippen molar-refractivity contribution in [2.45, 2.75) is 6.54 Å². The number of aromatic nitrogens is 1. The van der Waals surface area contributed by atoms with Gasteiger partial charge in [0.05, 0.1) is 12.8 Å². The standard InChI is InChI=1S/C15H16N2O3/c1-17-8-4-7-13(17)14(18)15(19)16-10-11-5-3-6-12(9-11)20-2/h3-9H,10H2,1-2H3,(H,16,19). The molecule has 0 saturated carbocycles. The van der Waals surface area contributed by atoms with Crippen molar-refractivity contribution < 1.29 is 14.3 Å². The van der Waals surface area contributed by atoms with Crippen LogP contribution in [-0.2, 0) is 18.4 Å². The Morgan fingerprint density at radius 3 is 2.70 bits per heavy atom. The maximum absolute atomic E-state index is 11.9. The Labute approximate surface area is 117 Å². The molecule has 0 atom stereocenters. The van der Waals surface area contributed by atoms with Gasteiger partial charge in [0.2, 0.25) is 0 Å². The number of ketones is 1. The molecule has 0 aliphatic heterocycles. The van der Waals surface area contributed by atoms with Crippen LogP contribution in [0.1, 0.15) is 16.1 Å². The van der Waals surface area contributed by atoms with E-state index in [9.17, 15) is 9.59 Å². The molecule has 0 aliphatic rings. The maximum Gasteiger partial charge on any atom is 0.294 e. The summed E-state index contributed by atoms with van der Waals surface area (Å²) in [6.07, 6.45) is 1.72. The average molecular weight is 272 g/mol. The van der Waals surface area contributed by atoms with Crippen molar-refractivity contribution in [3.8, 4) is 5.75 Å². The van der Waals surface area contributed by atoms with Crippen molar-refractivity contribution in [1.82, 2.24) is 9.88 Å². The zero-order valence-electron chi connectivity index (χ0n) is 11.4. The van der Waals surface area contributed by atoms with E-state index in [-0.39, 0.29) is 6.54 Å². The predicted molar refractivity (Wildman–Crippen MR) is 74.6 cm³/mol. The van der Waals surface area contributed by atoms with E-state index < -0.39 is 11.7 Å². The van der Waals surface area contributed by atoms with Crippen LogP contribution >= 0.6 is 0 Å². The first kappa shape index (κ1) is 13.9. The molecule has 1 amide bonds. The van der Waals surface area contributed by atoms with Crippen molar-refractivity contribution in [2.75, 3.05) is 7.11 Å². The molecule has 0 saturated heterocycles. The zero-order valence-corrected chi connectivity index (χ0v) is 11.4. The molecule has 5 heteroatoms. The zero-order chi connectivity index (χ0) is 14.5. The number of carbonyl (C=O) groups excluding carboxylic acids is 2. The van der Waals surface area contributed by atoms with Crippen LogP contribution in [0, 0.1) is 0 Å². The highest BCUT2D eigenvalue weighted by Crippen LogP contribution is 2.12. The molecule has 1 aromatic carbocycles. The molecule has 0 radical (unpaired) electrons. The fourth-order valence-corrected chi connectivity index (χ4v) is 1.86. The Kier molecular flexibility index (Phi) is 4.20. The van der Waals surface area contributed by atoms with Crippen LogP contribution in [0.5, 0.6) is 5.75 Å². The predicted octanol–water partition coefficient (Wildman–Crippen LogP) is 1.53. The number of nitrogens with one attached hydrogen (secondary N) is 1. The van der Waals surface area contributed by atoms with Gasteiger partial charge in [-0.2, -0.15) is 0 Å². The van der Waals surface area contributed by atoms with Gasteiger partial charge in [-0.05, 0) is 29.8 Å². The Hall–Kier alpha value is -2.56. The number of carbonyl (C=O) groups is 2. The summed E-state index contributed by atoms with van der Waals surface area (Å²) in [4.78, 5) is 23.7. The lowest BCUT2D eigenvalue weighted by Crippen LogP contribution is -2.31. The lowest BCUT2D eigenvalue weighted by atomic mass is 10.2. The van der Waals surface area contributed by atoms with E-state index in [2.05, 4.69) is 5.32 Å². The summed E-state index contributed by atoms with van der Waals surface area (Å²) in [6, 6.07) is 10.7. The summed E-state index contributed by atoms with van der Waals surface area (Å²) in [5.74, 6) is -0.444. The number of amides is 1. The summed E-state index contributed by atoms with van der Waals surface area (Å²) in [7, 11) is 3.30. The number of nitrogens with zero attached hydrogens (tertiary/aromatic N) is 1. The van der Waals surface area contributed by atoms with Crippen LogP contribution < -0.4 is 10.1 Å². The number of hydrogen-bond donors (Lipinski definition) is 1. The van der Waals surface area contributed by atoms with Gasteiger partial charge in [0.15, 0.2) is 0 Å². The molecule has 104 valence electrons. The topological polar surface area (TPSA) is 60.3 Å². The fraction of sp³-hybridized carbons (Fsp3) is 0.200. The number of methoxy groups -OCH3 is 1. The van der Waals surface area contributed by atoms with E-state index >= 15 is 0 Å². The number of Topliss-reactive ketones (excluding diaryl/α,β-unsaturated/α-hetero) is 1. The van der Waals surface area contributed by atoms with Gasteiger partial charge in [0, 0.05) is 19.8 Å². The monoisotopic (exact) mass is 272 g/mol. The Morgan fingerprint density at radius 1 is 1.25 bits per heavy atom. The minimum atomic E-state index is -0.616. The number of aryl methyl sites for hydroxylation is 1. The smallest absolute Gasteiger partial charge is 0.294 e. The third kappa shape index (κ3) is 3.06. The molecule has 5 nitrogen and oxygen atoms in total. The van der Waals surface area contributed by atoms with Gasteiger partial charge in [0.1, 0.15) is 5.75 Å². The van der Waals surface area contributed by atoms with E-state index in [1.807, 2.05) is 24.3 Å². The normalized spacial score (nSPS) is 10.1. The molecule has 0 aliphatic carbocycles. The van der Waals surface area contributed by atoms with Crippen LogP contribution in [0.25, 0.3) is 0 Å². The van der Waals surface area contributed by atoms with Crippen LogP contribution in [0.3, 0.4) is 0 Å². The highest BCUT2D eigenvalue weighted by Gasteiger charge is 2.17. The summed E-state index contributed by atoms with van der Waals surface area (Å²) >= 11 is 0. The molecule has 20 heavy (non-hydrogen) atoms.